The Hall–Kier alpha value is -4.16. The Morgan fingerprint density at radius 1 is 0.589 bits per heavy atom. The first-order valence-electron chi connectivity index (χ1n) is 21.2. The van der Waals surface area contributed by atoms with E-state index in [1.165, 1.54) is 61.0 Å². The van der Waals surface area contributed by atoms with Gasteiger partial charge in [-0.25, -0.2) is 9.59 Å². The van der Waals surface area contributed by atoms with Gasteiger partial charge in [0.1, 0.15) is 22.6 Å². The molecule has 0 unspecified atom stereocenters. The highest BCUT2D eigenvalue weighted by atomic mass is 16.3. The first-order chi connectivity index (χ1) is 26.9. The predicted octanol–water partition coefficient (Wildman–Crippen LogP) is 4.10. The molecule has 10 aliphatic rings. The van der Waals surface area contributed by atoms with E-state index in [0.29, 0.717) is 37.2 Å². The van der Waals surface area contributed by atoms with Gasteiger partial charge in [-0.2, -0.15) is 0 Å². The minimum absolute atomic E-state index is 0.0924. The molecule has 56 heavy (non-hydrogen) atoms. The highest BCUT2D eigenvalue weighted by Gasteiger charge is 2.69. The number of carbonyl (C=O) groups excluding carboxylic acids is 4. The van der Waals surface area contributed by atoms with Gasteiger partial charge in [0.05, 0.1) is 0 Å². The number of nitrogens with zero attached hydrogens (tertiary/aromatic N) is 2. The number of amides is 6. The Morgan fingerprint density at radius 2 is 1.02 bits per heavy atom. The van der Waals surface area contributed by atoms with Crippen molar-refractivity contribution < 1.29 is 29.4 Å². The molecule has 0 bridgehead atoms. The second-order valence-corrected chi connectivity index (χ2v) is 20.0. The topological polar surface area (TPSA) is 163 Å². The zero-order valence-electron chi connectivity index (χ0n) is 32.2. The molecular formula is C44H54N6O6. The van der Waals surface area contributed by atoms with Crippen LogP contribution < -0.4 is 21.3 Å². The molecule has 4 aliphatic heterocycles. The van der Waals surface area contributed by atoms with E-state index < -0.39 is 11.1 Å². The molecule has 12 heteroatoms. The number of piperidine rings is 2. The van der Waals surface area contributed by atoms with E-state index >= 15 is 0 Å². The fourth-order valence-electron chi connectivity index (χ4n) is 13.9. The van der Waals surface area contributed by atoms with Crippen LogP contribution in [-0.4, -0.2) is 94.2 Å². The third-order valence-electron chi connectivity index (χ3n) is 16.8. The molecule has 6 aliphatic carbocycles. The monoisotopic (exact) mass is 762 g/mol. The van der Waals surface area contributed by atoms with Crippen LogP contribution >= 0.6 is 0 Å². The maximum absolute atomic E-state index is 12.8. The van der Waals surface area contributed by atoms with Crippen LogP contribution in [0.2, 0.25) is 0 Å². The van der Waals surface area contributed by atoms with Crippen LogP contribution in [0.25, 0.3) is 0 Å². The lowest BCUT2D eigenvalue weighted by Gasteiger charge is -2.59. The van der Waals surface area contributed by atoms with Crippen molar-refractivity contribution in [3.05, 3.63) is 58.7 Å². The summed E-state index contributed by atoms with van der Waals surface area (Å²) in [7, 11) is 0. The maximum atomic E-state index is 12.8. The van der Waals surface area contributed by atoms with Crippen LogP contribution in [0.4, 0.5) is 9.59 Å². The Kier molecular flexibility index (Phi) is 7.33. The van der Waals surface area contributed by atoms with Crippen LogP contribution in [0.5, 0.6) is 11.5 Å². The van der Waals surface area contributed by atoms with E-state index in [2.05, 4.69) is 43.2 Å². The Bertz CT molecular complexity index is 1940. The summed E-state index contributed by atoms with van der Waals surface area (Å²) in [6, 6.07) is 10.9. The molecule has 296 valence electrons. The first kappa shape index (κ1) is 35.0. The van der Waals surface area contributed by atoms with E-state index in [1.807, 2.05) is 12.1 Å². The molecule has 12 nitrogen and oxygen atoms in total. The number of fused-ring (bicyclic) bond motifs is 2. The van der Waals surface area contributed by atoms with E-state index in [9.17, 15) is 29.4 Å². The minimum Gasteiger partial charge on any atom is -0.508 e. The number of imide groups is 2. The summed E-state index contributed by atoms with van der Waals surface area (Å²) >= 11 is 0. The zero-order valence-corrected chi connectivity index (χ0v) is 32.2. The maximum Gasteiger partial charge on any atom is 0.322 e. The summed E-state index contributed by atoms with van der Waals surface area (Å²) in [5.74, 6) is 1.98. The molecule has 2 spiro atoms. The zero-order chi connectivity index (χ0) is 38.3. The van der Waals surface area contributed by atoms with E-state index in [-0.39, 0.29) is 45.5 Å². The van der Waals surface area contributed by atoms with Crippen molar-refractivity contribution in [3.8, 4) is 11.5 Å². The molecule has 4 heterocycles. The van der Waals surface area contributed by atoms with E-state index in [0.717, 1.165) is 76.5 Å². The van der Waals surface area contributed by atoms with Crippen LogP contribution in [0, 0.1) is 22.7 Å². The molecule has 0 radical (unpaired) electrons. The number of rotatable bonds is 4. The molecule has 6 N–H and O–H groups in total. The molecule has 12 rings (SSSR count). The number of likely N-dealkylation sites (tertiary alicyclic amines) is 2. The second kappa shape index (κ2) is 11.7. The van der Waals surface area contributed by atoms with Crippen molar-refractivity contribution in [1.82, 2.24) is 31.1 Å². The standard InChI is InChI=1S/2C22H27N3O3/c2*26-16-4-3-15-10-20-5-6-22(18(27)23-19(28)24-22)12-21(20,17(15)9-16)7-8-25(13-20)11-14-1-2-14/h2*3-4,9,14,26H,1-2,5-8,10-13H2,(H2,23,24,27,28)/t20-,21+,22+;20-,21+,22-/m00/s1. The third kappa shape index (κ3) is 5.02. The number of phenols is 2. The number of hydrogen-bond acceptors (Lipinski definition) is 8. The number of nitrogens with one attached hydrogen (secondary N) is 4. The van der Waals surface area contributed by atoms with Crippen LogP contribution in [0.3, 0.4) is 0 Å². The summed E-state index contributed by atoms with van der Waals surface area (Å²) in [5, 5.41) is 31.4. The molecule has 6 atom stereocenters. The highest BCUT2D eigenvalue weighted by Crippen LogP contribution is 2.67. The first-order valence-corrected chi connectivity index (χ1v) is 21.2. The largest absolute Gasteiger partial charge is 0.508 e. The lowest BCUT2D eigenvalue weighted by molar-refractivity contribution is -0.131. The number of aromatic hydroxyl groups is 2. The average Bonchev–Trinajstić information content (AvgIpc) is 4.07. The van der Waals surface area contributed by atoms with Gasteiger partial charge in [-0.05, 0) is 172 Å². The number of urea groups is 2. The number of benzene rings is 2. The van der Waals surface area contributed by atoms with Crippen molar-refractivity contribution >= 4 is 23.9 Å². The fraction of sp³-hybridized carbons (Fsp3) is 0.636. The van der Waals surface area contributed by atoms with E-state index in [1.54, 1.807) is 12.1 Å². The van der Waals surface area contributed by atoms with Gasteiger partial charge in [-0.1, -0.05) is 12.1 Å². The SMILES string of the molecule is O=C1NC(=O)[C@@]2(CC[C@@]34Cc5ccc(O)cc5[C@@]3(CCN(CC3CC3)C4)C2)N1.O=C1NC(=O)[C@]2(CC[C@@]34Cc5ccc(O)cc5[C@@]3(CCN(CC3CC3)C4)C2)N1. The summed E-state index contributed by atoms with van der Waals surface area (Å²) in [6.45, 7) is 6.57. The van der Waals surface area contributed by atoms with Crippen molar-refractivity contribution in [2.24, 2.45) is 22.7 Å². The predicted molar refractivity (Wildman–Crippen MR) is 206 cm³/mol. The Morgan fingerprint density at radius 3 is 1.39 bits per heavy atom. The van der Waals surface area contributed by atoms with Gasteiger partial charge in [-0.3, -0.25) is 20.2 Å². The van der Waals surface area contributed by atoms with Gasteiger partial charge in [0, 0.05) is 37.0 Å². The Balaban J connectivity index is 0.000000130. The van der Waals surface area contributed by atoms with Gasteiger partial charge in [0.15, 0.2) is 0 Å². The van der Waals surface area contributed by atoms with Crippen molar-refractivity contribution in [2.45, 2.75) is 112 Å². The molecule has 2 aromatic rings. The normalized spacial score (nSPS) is 39.3. The summed E-state index contributed by atoms with van der Waals surface area (Å²) in [6.07, 6.45) is 14.0. The van der Waals surface area contributed by atoms with Crippen LogP contribution in [0.15, 0.2) is 36.4 Å². The molecule has 4 saturated carbocycles. The lowest BCUT2D eigenvalue weighted by atomic mass is 9.49. The van der Waals surface area contributed by atoms with Gasteiger partial charge in [0.25, 0.3) is 11.8 Å². The van der Waals surface area contributed by atoms with Crippen LogP contribution in [-0.2, 0) is 33.3 Å². The van der Waals surface area contributed by atoms with Crippen molar-refractivity contribution in [2.75, 3.05) is 39.3 Å². The minimum atomic E-state index is -0.799. The smallest absolute Gasteiger partial charge is 0.322 e. The fourth-order valence-corrected chi connectivity index (χ4v) is 13.9. The summed E-state index contributed by atoms with van der Waals surface area (Å²) in [5.41, 5.74) is 3.32. The summed E-state index contributed by atoms with van der Waals surface area (Å²) < 4.78 is 0. The lowest BCUT2D eigenvalue weighted by Crippen LogP contribution is -2.65. The van der Waals surface area contributed by atoms with Gasteiger partial charge < -0.3 is 30.6 Å². The van der Waals surface area contributed by atoms with Gasteiger partial charge in [-0.15, -0.1) is 0 Å². The number of hydrogen-bond donors (Lipinski definition) is 6. The second-order valence-electron chi connectivity index (χ2n) is 20.0. The van der Waals surface area contributed by atoms with Crippen molar-refractivity contribution in [3.63, 3.8) is 0 Å². The molecule has 8 fully saturated rings. The van der Waals surface area contributed by atoms with Gasteiger partial charge in [0.2, 0.25) is 0 Å². The van der Waals surface area contributed by atoms with Crippen LogP contribution in [0.1, 0.15) is 99.3 Å². The number of carbonyl (C=O) groups is 4. The molecule has 0 aromatic heterocycles. The highest BCUT2D eigenvalue weighted by molar-refractivity contribution is 6.08. The summed E-state index contributed by atoms with van der Waals surface area (Å²) in [4.78, 5) is 54.7. The molecule has 4 saturated heterocycles. The average molecular weight is 763 g/mol. The molecule has 6 amide bonds. The van der Waals surface area contributed by atoms with Gasteiger partial charge >= 0.3 is 12.1 Å². The third-order valence-corrected chi connectivity index (χ3v) is 16.8. The number of phenolic OH excluding ortho intramolecular Hbond substituents is 2. The molecular weight excluding hydrogens is 709 g/mol. The van der Waals surface area contributed by atoms with Crippen molar-refractivity contribution in [1.29, 1.82) is 0 Å². The quantitative estimate of drug-likeness (QED) is 0.254. The Labute approximate surface area is 327 Å². The molecule has 2 aromatic carbocycles. The van der Waals surface area contributed by atoms with E-state index in [4.69, 9.17) is 0 Å².